The highest BCUT2D eigenvalue weighted by molar-refractivity contribution is 5.95. The highest BCUT2D eigenvalue weighted by atomic mass is 16.1. The van der Waals surface area contributed by atoms with Crippen LogP contribution in [0.4, 0.5) is 0 Å². The average molecular weight is 377 g/mol. The smallest absolute Gasteiger partial charge is 0.254 e. The lowest BCUT2D eigenvalue weighted by Gasteiger charge is -2.16. The number of para-hydroxylation sites is 1. The Morgan fingerprint density at radius 3 is 2.43 bits per heavy atom. The van der Waals surface area contributed by atoms with Crippen molar-refractivity contribution in [2.45, 2.75) is 26.3 Å². The van der Waals surface area contributed by atoms with Gasteiger partial charge in [0.2, 0.25) is 0 Å². The molecule has 0 aliphatic heterocycles. The molecule has 5 nitrogen and oxygen atoms in total. The molecule has 0 radical (unpaired) electrons. The molecule has 1 heterocycles. The number of hydrogen-bond acceptors (Lipinski definition) is 3. The Morgan fingerprint density at radius 1 is 1.07 bits per heavy atom. The zero-order valence-electron chi connectivity index (χ0n) is 16.6. The number of benzene rings is 2. The predicted molar refractivity (Wildman–Crippen MR) is 113 cm³/mol. The molecule has 0 saturated heterocycles. The molecule has 1 aromatic heterocycles. The normalized spacial score (nSPS) is 11.0. The van der Waals surface area contributed by atoms with Gasteiger partial charge in [0, 0.05) is 13.1 Å². The second-order valence-corrected chi connectivity index (χ2v) is 6.94. The summed E-state index contributed by atoms with van der Waals surface area (Å²) in [6.07, 6.45) is 3.32. The predicted octanol–water partition coefficient (Wildman–Crippen LogP) is 3.69. The maximum Gasteiger partial charge on any atom is 0.254 e. The highest BCUT2D eigenvalue weighted by Gasteiger charge is 2.16. The number of carbonyl (C=O) groups excluding carboxylic acids is 1. The molecule has 5 heteroatoms. The summed E-state index contributed by atoms with van der Waals surface area (Å²) in [5.41, 5.74) is 3.87. The molecule has 0 spiro atoms. The zero-order chi connectivity index (χ0) is 19.8. The van der Waals surface area contributed by atoms with Gasteiger partial charge < -0.3 is 10.2 Å². The van der Waals surface area contributed by atoms with E-state index < -0.39 is 0 Å². The highest BCUT2D eigenvalue weighted by Crippen LogP contribution is 2.15. The lowest BCUT2D eigenvalue weighted by atomic mass is 10.2. The molecule has 0 unspecified atom stereocenters. The molecule has 1 amide bonds. The Hall–Kier alpha value is -2.92. The number of hydrogen-bond donors (Lipinski definition) is 1. The quantitative estimate of drug-likeness (QED) is 0.580. The maximum atomic E-state index is 12.6. The monoisotopic (exact) mass is 376 g/mol. The van der Waals surface area contributed by atoms with Gasteiger partial charge in [-0.2, -0.15) is 5.10 Å². The molecule has 0 saturated carbocycles. The first-order valence-corrected chi connectivity index (χ1v) is 9.82. The summed E-state index contributed by atoms with van der Waals surface area (Å²) in [4.78, 5) is 14.9. The Kier molecular flexibility index (Phi) is 6.98. The number of rotatable bonds is 9. The van der Waals surface area contributed by atoms with E-state index in [1.807, 2.05) is 48.0 Å². The van der Waals surface area contributed by atoms with Crippen molar-refractivity contribution in [2.24, 2.45) is 0 Å². The minimum absolute atomic E-state index is 0.0512. The van der Waals surface area contributed by atoms with Crippen LogP contribution in [0.3, 0.4) is 0 Å². The first-order valence-electron chi connectivity index (χ1n) is 9.82. The van der Waals surface area contributed by atoms with Crippen LogP contribution in [0.25, 0.3) is 5.69 Å². The summed E-state index contributed by atoms with van der Waals surface area (Å²) in [6, 6.07) is 20.3. The Bertz CT molecular complexity index is 874. The molecule has 28 heavy (non-hydrogen) atoms. The average Bonchev–Trinajstić information content (AvgIpc) is 3.16. The largest absolute Gasteiger partial charge is 0.352 e. The van der Waals surface area contributed by atoms with Gasteiger partial charge in [-0.15, -0.1) is 0 Å². The van der Waals surface area contributed by atoms with Crippen LogP contribution in [0, 0.1) is 0 Å². The van der Waals surface area contributed by atoms with E-state index in [9.17, 15) is 4.79 Å². The lowest BCUT2D eigenvalue weighted by Crippen LogP contribution is -2.28. The Morgan fingerprint density at radius 2 is 1.75 bits per heavy atom. The van der Waals surface area contributed by atoms with Gasteiger partial charge in [0.15, 0.2) is 0 Å². The third-order valence-corrected chi connectivity index (χ3v) is 4.75. The number of nitrogens with zero attached hydrogens (tertiary/aromatic N) is 3. The molecule has 2 aromatic carbocycles. The van der Waals surface area contributed by atoms with Crippen molar-refractivity contribution in [3.05, 3.63) is 83.7 Å². The number of aromatic nitrogens is 2. The SMILES string of the molecule is CCc1c(C(=O)NCCCN(C)Cc2ccccc2)cnn1-c1ccccc1. The molecule has 146 valence electrons. The maximum absolute atomic E-state index is 12.6. The zero-order valence-corrected chi connectivity index (χ0v) is 16.6. The summed E-state index contributed by atoms with van der Waals surface area (Å²) < 4.78 is 1.85. The van der Waals surface area contributed by atoms with Gasteiger partial charge in [-0.25, -0.2) is 4.68 Å². The molecule has 0 aliphatic carbocycles. The van der Waals surface area contributed by atoms with Gasteiger partial charge in [0.05, 0.1) is 23.1 Å². The minimum atomic E-state index is -0.0512. The van der Waals surface area contributed by atoms with Crippen molar-refractivity contribution < 1.29 is 4.79 Å². The molecular weight excluding hydrogens is 348 g/mol. The van der Waals surface area contributed by atoms with Gasteiger partial charge in [0.1, 0.15) is 0 Å². The fraction of sp³-hybridized carbons (Fsp3) is 0.304. The first-order chi connectivity index (χ1) is 13.7. The number of amides is 1. The molecule has 0 aliphatic rings. The van der Waals surface area contributed by atoms with Crippen molar-refractivity contribution in [1.82, 2.24) is 20.0 Å². The van der Waals surface area contributed by atoms with Crippen molar-refractivity contribution in [3.8, 4) is 5.69 Å². The van der Waals surface area contributed by atoms with E-state index >= 15 is 0 Å². The van der Waals surface area contributed by atoms with Crippen LogP contribution in [0.1, 0.15) is 35.0 Å². The third kappa shape index (κ3) is 5.08. The molecule has 3 rings (SSSR count). The fourth-order valence-corrected chi connectivity index (χ4v) is 3.32. The van der Waals surface area contributed by atoms with Crippen molar-refractivity contribution >= 4 is 5.91 Å². The van der Waals surface area contributed by atoms with E-state index in [0.29, 0.717) is 12.1 Å². The van der Waals surface area contributed by atoms with Crippen LogP contribution in [0.15, 0.2) is 66.9 Å². The fourth-order valence-electron chi connectivity index (χ4n) is 3.32. The van der Waals surface area contributed by atoms with Gasteiger partial charge in [-0.1, -0.05) is 55.5 Å². The molecule has 0 atom stereocenters. The van der Waals surface area contributed by atoms with Crippen LogP contribution in [-0.2, 0) is 13.0 Å². The van der Waals surface area contributed by atoms with Crippen molar-refractivity contribution in [2.75, 3.05) is 20.1 Å². The third-order valence-electron chi connectivity index (χ3n) is 4.75. The molecule has 3 aromatic rings. The van der Waals surface area contributed by atoms with E-state index in [-0.39, 0.29) is 5.91 Å². The van der Waals surface area contributed by atoms with Crippen LogP contribution < -0.4 is 5.32 Å². The summed E-state index contributed by atoms with van der Waals surface area (Å²) in [6.45, 7) is 4.54. The minimum Gasteiger partial charge on any atom is -0.352 e. The van der Waals surface area contributed by atoms with Gasteiger partial charge >= 0.3 is 0 Å². The van der Waals surface area contributed by atoms with Crippen LogP contribution >= 0.6 is 0 Å². The molecule has 0 bridgehead atoms. The molecule has 1 N–H and O–H groups in total. The van der Waals surface area contributed by atoms with Crippen molar-refractivity contribution in [1.29, 1.82) is 0 Å². The van der Waals surface area contributed by atoms with Crippen molar-refractivity contribution in [3.63, 3.8) is 0 Å². The lowest BCUT2D eigenvalue weighted by molar-refractivity contribution is 0.0951. The van der Waals surface area contributed by atoms with Gasteiger partial charge in [-0.3, -0.25) is 4.79 Å². The summed E-state index contributed by atoms with van der Waals surface area (Å²) in [5, 5.41) is 7.47. The van der Waals surface area contributed by atoms with E-state index in [4.69, 9.17) is 0 Å². The van der Waals surface area contributed by atoms with Crippen LogP contribution in [0.5, 0.6) is 0 Å². The number of carbonyl (C=O) groups is 1. The van der Waals surface area contributed by atoms with Gasteiger partial charge in [-0.05, 0) is 44.1 Å². The number of nitrogens with one attached hydrogen (secondary N) is 1. The second-order valence-electron chi connectivity index (χ2n) is 6.94. The van der Waals surface area contributed by atoms with Crippen LogP contribution in [0.2, 0.25) is 0 Å². The summed E-state index contributed by atoms with van der Waals surface area (Å²) in [7, 11) is 2.11. The topological polar surface area (TPSA) is 50.2 Å². The summed E-state index contributed by atoms with van der Waals surface area (Å²) in [5.74, 6) is -0.0512. The Labute approximate surface area is 167 Å². The molecule has 0 fully saturated rings. The summed E-state index contributed by atoms with van der Waals surface area (Å²) >= 11 is 0. The standard InChI is InChI=1S/C23H28N4O/c1-3-22-21(17-25-27(22)20-13-8-5-9-14-20)23(28)24-15-10-16-26(2)18-19-11-6-4-7-12-19/h4-9,11-14,17H,3,10,15-16,18H2,1-2H3,(H,24,28). The van der Waals surface area contributed by atoms with Crippen LogP contribution in [-0.4, -0.2) is 40.7 Å². The van der Waals surface area contributed by atoms with E-state index in [0.717, 1.165) is 37.3 Å². The van der Waals surface area contributed by atoms with E-state index in [1.165, 1.54) is 5.56 Å². The van der Waals surface area contributed by atoms with E-state index in [2.05, 4.69) is 46.6 Å². The van der Waals surface area contributed by atoms with E-state index in [1.54, 1.807) is 6.20 Å². The van der Waals surface area contributed by atoms with Gasteiger partial charge in [0.25, 0.3) is 5.91 Å². The Balaban J connectivity index is 1.51. The second kappa shape index (κ2) is 9.85. The first kappa shape index (κ1) is 19.8. The molecular formula is C23H28N4O.